The highest BCUT2D eigenvalue weighted by Gasteiger charge is 2.20. The van der Waals surface area contributed by atoms with Gasteiger partial charge in [-0.25, -0.2) is 0 Å². The van der Waals surface area contributed by atoms with Crippen LogP contribution in [0, 0.1) is 0 Å². The van der Waals surface area contributed by atoms with E-state index in [2.05, 4.69) is 43.5 Å². The maximum absolute atomic E-state index is 12.5. The number of allylic oxidation sites excluding steroid dienone is 4. The smallest absolute Gasteiger partial charge is 0.305 e. The van der Waals surface area contributed by atoms with Crippen molar-refractivity contribution in [3.8, 4) is 0 Å². The fourth-order valence-electron chi connectivity index (χ4n) is 11.0. The zero-order valence-corrected chi connectivity index (χ0v) is 51.5. The molecule has 0 heterocycles. The molecular weight excluding hydrogens is 935 g/mol. The number of rotatable bonds is 65. The third-order valence-corrected chi connectivity index (χ3v) is 16.3. The van der Waals surface area contributed by atoms with E-state index >= 15 is 0 Å². The van der Waals surface area contributed by atoms with Crippen LogP contribution in [0.1, 0.15) is 386 Å². The average molecular weight is 1070 g/mol. The van der Waals surface area contributed by atoms with Crippen LogP contribution in [0.4, 0.5) is 0 Å². The highest BCUT2D eigenvalue weighted by Crippen LogP contribution is 2.19. The van der Waals surface area contributed by atoms with Gasteiger partial charge in [0.1, 0.15) is 0 Å². The second-order valence-corrected chi connectivity index (χ2v) is 23.9. The zero-order chi connectivity index (χ0) is 55.0. The van der Waals surface area contributed by atoms with Crippen LogP contribution < -0.4 is 5.32 Å². The number of carbonyl (C=O) groups is 2. The Labute approximate surface area is 475 Å². The Morgan fingerprint density at radius 2 is 0.671 bits per heavy atom. The monoisotopic (exact) mass is 1070 g/mol. The Hall–Kier alpha value is -1.66. The summed E-state index contributed by atoms with van der Waals surface area (Å²) in [5, 5.41) is 23.4. The van der Waals surface area contributed by atoms with Gasteiger partial charge in [-0.2, -0.15) is 0 Å². The molecule has 0 bridgehead atoms. The van der Waals surface area contributed by atoms with Crippen molar-refractivity contribution in [2.75, 3.05) is 13.2 Å². The van der Waals surface area contributed by atoms with Gasteiger partial charge in [-0.15, -0.1) is 0 Å². The van der Waals surface area contributed by atoms with Crippen LogP contribution in [0.3, 0.4) is 0 Å². The van der Waals surface area contributed by atoms with Crippen molar-refractivity contribution in [3.63, 3.8) is 0 Å². The first-order chi connectivity index (χ1) is 37.5. The lowest BCUT2D eigenvalue weighted by molar-refractivity contribution is -0.143. The lowest BCUT2D eigenvalue weighted by Crippen LogP contribution is -2.45. The van der Waals surface area contributed by atoms with Gasteiger partial charge in [-0.1, -0.05) is 346 Å². The summed E-state index contributed by atoms with van der Waals surface area (Å²) in [5.74, 6) is -0.0281. The molecular formula is C70H135NO5. The standard InChI is InChI=1S/C70H135NO5/c1-3-5-7-9-11-13-15-17-19-20-21-26-29-32-35-38-42-46-50-54-58-62-68(73)67(66-72)71-69(74)63-59-55-51-47-43-39-36-33-30-27-24-22-23-25-28-31-34-37-41-45-49-53-57-61-65-76-70(75)64-60-56-52-48-44-40-18-16-14-12-10-8-6-4-2/h10,12,16,18,67-68,72-73H,3-9,11,13-15,17,19-66H2,1-2H3,(H,71,74)/b12-10-,18-16-. The number of ether oxygens (including phenoxy) is 1. The molecule has 6 heteroatoms. The molecule has 76 heavy (non-hydrogen) atoms. The first-order valence-corrected chi connectivity index (χ1v) is 34.6. The van der Waals surface area contributed by atoms with Crippen LogP contribution in [-0.2, 0) is 14.3 Å². The molecule has 0 saturated carbocycles. The summed E-state index contributed by atoms with van der Waals surface area (Å²) in [4.78, 5) is 24.6. The van der Waals surface area contributed by atoms with Crippen LogP contribution in [0.15, 0.2) is 24.3 Å². The maximum Gasteiger partial charge on any atom is 0.305 e. The lowest BCUT2D eigenvalue weighted by atomic mass is 10.0. The van der Waals surface area contributed by atoms with E-state index in [0.717, 1.165) is 51.4 Å². The van der Waals surface area contributed by atoms with Gasteiger partial charge in [0.15, 0.2) is 0 Å². The Morgan fingerprint density at radius 1 is 0.368 bits per heavy atom. The number of amides is 1. The van der Waals surface area contributed by atoms with E-state index in [0.29, 0.717) is 25.9 Å². The van der Waals surface area contributed by atoms with Crippen molar-refractivity contribution in [2.24, 2.45) is 0 Å². The number of unbranched alkanes of at least 4 members (excludes halogenated alkanes) is 50. The SMILES string of the molecule is CCCC/C=C\C/C=C\CCCCCCCC(=O)OCCCCCCCCCCCCCCCCCCCCCCCCCCC(=O)NC(CO)C(O)CCCCCCCCCCCCCCCCCCCCCCC. The van der Waals surface area contributed by atoms with Crippen LogP contribution in [0.25, 0.3) is 0 Å². The normalized spacial score (nSPS) is 12.6. The molecule has 0 aromatic rings. The van der Waals surface area contributed by atoms with Gasteiger partial charge in [0.25, 0.3) is 0 Å². The molecule has 6 nitrogen and oxygen atoms in total. The van der Waals surface area contributed by atoms with Gasteiger partial charge in [-0.05, 0) is 51.4 Å². The molecule has 450 valence electrons. The average Bonchev–Trinajstić information content (AvgIpc) is 3.42. The molecule has 0 rings (SSSR count). The highest BCUT2D eigenvalue weighted by atomic mass is 16.5. The molecule has 0 aliphatic rings. The molecule has 0 aliphatic carbocycles. The van der Waals surface area contributed by atoms with Gasteiger partial charge in [0.2, 0.25) is 5.91 Å². The van der Waals surface area contributed by atoms with Gasteiger partial charge in [0, 0.05) is 12.8 Å². The van der Waals surface area contributed by atoms with Crippen LogP contribution in [0.2, 0.25) is 0 Å². The molecule has 0 radical (unpaired) electrons. The lowest BCUT2D eigenvalue weighted by Gasteiger charge is -2.22. The number of carbonyl (C=O) groups excluding carboxylic acids is 2. The molecule has 2 atom stereocenters. The van der Waals surface area contributed by atoms with Gasteiger partial charge >= 0.3 is 5.97 Å². The van der Waals surface area contributed by atoms with E-state index in [4.69, 9.17) is 4.74 Å². The first-order valence-electron chi connectivity index (χ1n) is 34.6. The minimum Gasteiger partial charge on any atom is -0.466 e. The molecule has 0 fully saturated rings. The van der Waals surface area contributed by atoms with Gasteiger partial charge < -0.3 is 20.3 Å². The predicted molar refractivity (Wildman–Crippen MR) is 333 cm³/mol. The topological polar surface area (TPSA) is 95.9 Å². The second-order valence-electron chi connectivity index (χ2n) is 23.9. The van der Waals surface area contributed by atoms with E-state index < -0.39 is 12.1 Å². The number of aliphatic hydroxyl groups is 2. The maximum atomic E-state index is 12.5. The highest BCUT2D eigenvalue weighted by molar-refractivity contribution is 5.76. The first kappa shape index (κ1) is 74.3. The molecule has 0 aromatic heterocycles. The molecule has 1 amide bonds. The second kappa shape index (κ2) is 65.9. The summed E-state index contributed by atoms with van der Waals surface area (Å²) in [5.41, 5.74) is 0. The van der Waals surface area contributed by atoms with Crippen molar-refractivity contribution in [2.45, 2.75) is 398 Å². The molecule has 0 aromatic carbocycles. The third kappa shape index (κ3) is 61.6. The quantitative estimate of drug-likeness (QED) is 0.0320. The zero-order valence-electron chi connectivity index (χ0n) is 51.5. The summed E-state index contributed by atoms with van der Waals surface area (Å²) < 4.78 is 5.48. The summed E-state index contributed by atoms with van der Waals surface area (Å²) in [7, 11) is 0. The molecule has 0 aliphatic heterocycles. The van der Waals surface area contributed by atoms with E-state index in [1.807, 2.05) is 0 Å². The summed E-state index contributed by atoms with van der Waals surface area (Å²) in [6.07, 6.45) is 82.1. The summed E-state index contributed by atoms with van der Waals surface area (Å²) in [6, 6.07) is -0.541. The number of hydrogen-bond donors (Lipinski definition) is 3. The van der Waals surface area contributed by atoms with Gasteiger partial charge in [0.05, 0.1) is 25.4 Å². The van der Waals surface area contributed by atoms with Crippen LogP contribution in [-0.4, -0.2) is 47.4 Å². The molecule has 3 N–H and O–H groups in total. The number of aliphatic hydroxyl groups excluding tert-OH is 2. The molecule has 2 unspecified atom stereocenters. The van der Waals surface area contributed by atoms with E-state index in [9.17, 15) is 19.8 Å². The van der Waals surface area contributed by atoms with Crippen molar-refractivity contribution >= 4 is 11.9 Å². The van der Waals surface area contributed by atoms with Crippen molar-refractivity contribution in [1.29, 1.82) is 0 Å². The number of esters is 1. The van der Waals surface area contributed by atoms with Crippen molar-refractivity contribution < 1.29 is 24.5 Å². The minimum atomic E-state index is -0.664. The number of nitrogens with one attached hydrogen (secondary N) is 1. The number of hydrogen-bond acceptors (Lipinski definition) is 5. The Kier molecular flexibility index (Phi) is 64.4. The third-order valence-electron chi connectivity index (χ3n) is 16.3. The fraction of sp³-hybridized carbons (Fsp3) is 0.914. The van der Waals surface area contributed by atoms with Crippen LogP contribution in [0.5, 0.6) is 0 Å². The minimum absolute atomic E-state index is 0.00159. The molecule has 0 saturated heterocycles. The Bertz CT molecular complexity index is 1190. The van der Waals surface area contributed by atoms with E-state index in [1.165, 1.54) is 302 Å². The van der Waals surface area contributed by atoms with Crippen molar-refractivity contribution in [3.05, 3.63) is 24.3 Å². The Morgan fingerprint density at radius 3 is 1.04 bits per heavy atom. The van der Waals surface area contributed by atoms with Crippen molar-refractivity contribution in [1.82, 2.24) is 5.32 Å². The summed E-state index contributed by atoms with van der Waals surface area (Å²) in [6.45, 7) is 4.94. The fourth-order valence-corrected chi connectivity index (χ4v) is 11.0. The molecule has 0 spiro atoms. The van der Waals surface area contributed by atoms with E-state index in [-0.39, 0.29) is 18.5 Å². The predicted octanol–water partition coefficient (Wildman–Crippen LogP) is 22.1. The van der Waals surface area contributed by atoms with Crippen LogP contribution >= 0.6 is 0 Å². The van der Waals surface area contributed by atoms with E-state index in [1.54, 1.807) is 0 Å². The Balaban J connectivity index is 3.37. The largest absolute Gasteiger partial charge is 0.466 e. The van der Waals surface area contributed by atoms with Gasteiger partial charge in [-0.3, -0.25) is 9.59 Å². The summed E-state index contributed by atoms with van der Waals surface area (Å²) >= 11 is 0.